The van der Waals surface area contributed by atoms with Crippen LogP contribution in [0.15, 0.2) is 27.1 Å². The van der Waals surface area contributed by atoms with Crippen molar-refractivity contribution in [2.45, 2.75) is 38.7 Å². The van der Waals surface area contributed by atoms with Gasteiger partial charge >= 0.3 is 5.97 Å². The fourth-order valence-electron chi connectivity index (χ4n) is 2.65. The van der Waals surface area contributed by atoms with Crippen molar-refractivity contribution in [2.24, 2.45) is 0 Å². The van der Waals surface area contributed by atoms with Gasteiger partial charge in [-0.2, -0.15) is 0 Å². The molecule has 3 rings (SSSR count). The van der Waals surface area contributed by atoms with Gasteiger partial charge in [-0.1, -0.05) is 15.9 Å². The summed E-state index contributed by atoms with van der Waals surface area (Å²) in [6.45, 7) is 1.82. The highest BCUT2D eigenvalue weighted by Crippen LogP contribution is 2.29. The molecule has 21 heavy (non-hydrogen) atoms. The summed E-state index contributed by atoms with van der Waals surface area (Å²) in [6, 6.07) is 5.55. The van der Waals surface area contributed by atoms with Gasteiger partial charge in [0, 0.05) is 21.8 Å². The van der Waals surface area contributed by atoms with E-state index in [9.17, 15) is 9.59 Å². The number of carbonyl (C=O) groups excluding carboxylic acids is 2. The molecule has 4 nitrogen and oxygen atoms in total. The van der Waals surface area contributed by atoms with Crippen LogP contribution in [0.2, 0.25) is 0 Å². The Balaban J connectivity index is 1.87. The van der Waals surface area contributed by atoms with E-state index in [1.807, 2.05) is 19.1 Å². The van der Waals surface area contributed by atoms with E-state index in [-0.39, 0.29) is 11.5 Å². The molecule has 0 saturated heterocycles. The Labute approximate surface area is 130 Å². The molecular formula is C16H15BrO4. The average molecular weight is 351 g/mol. The van der Waals surface area contributed by atoms with Gasteiger partial charge in [-0.3, -0.25) is 4.79 Å². The summed E-state index contributed by atoms with van der Waals surface area (Å²) in [6.07, 6.45) is 2.27. The van der Waals surface area contributed by atoms with Crippen LogP contribution < -0.4 is 0 Å². The van der Waals surface area contributed by atoms with Crippen LogP contribution >= 0.6 is 15.9 Å². The lowest BCUT2D eigenvalue weighted by atomic mass is 9.96. The molecule has 1 atom stereocenters. The van der Waals surface area contributed by atoms with E-state index >= 15 is 0 Å². The van der Waals surface area contributed by atoms with Crippen molar-refractivity contribution in [3.63, 3.8) is 0 Å². The van der Waals surface area contributed by atoms with Crippen molar-refractivity contribution in [2.75, 3.05) is 0 Å². The zero-order chi connectivity index (χ0) is 15.0. The number of halogens is 1. The Hall–Kier alpha value is -1.62. The molecule has 1 saturated carbocycles. The van der Waals surface area contributed by atoms with E-state index in [4.69, 9.17) is 9.15 Å². The summed E-state index contributed by atoms with van der Waals surface area (Å²) in [7, 11) is 0. The average Bonchev–Trinajstić information content (AvgIpc) is 2.79. The van der Waals surface area contributed by atoms with Crippen LogP contribution in [0.3, 0.4) is 0 Å². The van der Waals surface area contributed by atoms with Gasteiger partial charge in [-0.05, 0) is 44.4 Å². The fourth-order valence-corrected chi connectivity index (χ4v) is 3.01. The fraction of sp³-hybridized carbons (Fsp3) is 0.375. The van der Waals surface area contributed by atoms with Crippen molar-refractivity contribution in [1.82, 2.24) is 0 Å². The summed E-state index contributed by atoms with van der Waals surface area (Å²) in [5, 5.41) is 0.867. The predicted octanol–water partition coefficient (Wildman–Crippen LogP) is 4.17. The number of hydrogen-bond acceptors (Lipinski definition) is 4. The van der Waals surface area contributed by atoms with Crippen molar-refractivity contribution in [1.29, 1.82) is 0 Å². The number of ketones is 1. The number of hydrogen-bond donors (Lipinski definition) is 0. The standard InChI is InChI=1S/C16H15BrO4/c1-9-11-8-10(17)6-7-13(11)20-15(9)16(19)21-14-5-3-2-4-12(14)18/h6-8,14H,2-5H2,1H3. The van der Waals surface area contributed by atoms with Gasteiger partial charge in [-0.15, -0.1) is 0 Å². The van der Waals surface area contributed by atoms with Crippen molar-refractivity contribution >= 4 is 38.7 Å². The van der Waals surface area contributed by atoms with Crippen LogP contribution in [-0.2, 0) is 9.53 Å². The summed E-state index contributed by atoms with van der Waals surface area (Å²) in [4.78, 5) is 24.0. The van der Waals surface area contributed by atoms with E-state index in [1.165, 1.54) is 0 Å². The zero-order valence-corrected chi connectivity index (χ0v) is 13.2. The van der Waals surface area contributed by atoms with E-state index in [1.54, 1.807) is 6.07 Å². The van der Waals surface area contributed by atoms with Crippen LogP contribution in [0, 0.1) is 6.92 Å². The van der Waals surface area contributed by atoms with Gasteiger partial charge in [-0.25, -0.2) is 4.79 Å². The Morgan fingerprint density at radius 1 is 1.38 bits per heavy atom. The first-order chi connectivity index (χ1) is 10.1. The molecule has 1 aliphatic rings. The topological polar surface area (TPSA) is 56.5 Å². The SMILES string of the molecule is Cc1c(C(=O)OC2CCCCC2=O)oc2ccc(Br)cc12. The third-order valence-electron chi connectivity index (χ3n) is 3.83. The Kier molecular flexibility index (Phi) is 3.85. The summed E-state index contributed by atoms with van der Waals surface area (Å²) in [5.41, 5.74) is 1.37. The number of furan rings is 1. The first-order valence-corrected chi connectivity index (χ1v) is 7.78. The van der Waals surface area contributed by atoms with Gasteiger partial charge in [0.05, 0.1) is 0 Å². The third kappa shape index (κ3) is 2.75. The monoisotopic (exact) mass is 350 g/mol. The number of aryl methyl sites for hydroxylation is 1. The van der Waals surface area contributed by atoms with Crippen molar-refractivity contribution in [3.05, 3.63) is 34.0 Å². The Morgan fingerprint density at radius 2 is 2.19 bits per heavy atom. The molecule has 110 valence electrons. The first kappa shape index (κ1) is 14.3. The molecule has 1 aromatic heterocycles. The molecule has 5 heteroatoms. The number of fused-ring (bicyclic) bond motifs is 1. The molecule has 1 heterocycles. The summed E-state index contributed by atoms with van der Waals surface area (Å²) in [5.74, 6) is -0.368. The molecule has 1 unspecified atom stereocenters. The molecular weight excluding hydrogens is 336 g/mol. The first-order valence-electron chi connectivity index (χ1n) is 6.98. The maximum atomic E-state index is 12.3. The van der Waals surface area contributed by atoms with E-state index in [0.29, 0.717) is 18.4 Å². The lowest BCUT2D eigenvalue weighted by Crippen LogP contribution is -2.30. The lowest BCUT2D eigenvalue weighted by molar-refractivity contribution is -0.130. The van der Waals surface area contributed by atoms with Gasteiger partial charge in [0.1, 0.15) is 5.58 Å². The van der Waals surface area contributed by atoms with Crippen LogP contribution in [0.1, 0.15) is 41.8 Å². The van der Waals surface area contributed by atoms with Crippen molar-refractivity contribution < 1.29 is 18.7 Å². The number of esters is 1. The Morgan fingerprint density at radius 3 is 2.95 bits per heavy atom. The number of carbonyl (C=O) groups is 2. The maximum absolute atomic E-state index is 12.3. The molecule has 0 N–H and O–H groups in total. The number of rotatable bonds is 2. The van der Waals surface area contributed by atoms with Crippen molar-refractivity contribution in [3.8, 4) is 0 Å². The van der Waals surface area contributed by atoms with E-state index in [0.717, 1.165) is 28.3 Å². The van der Waals surface area contributed by atoms with Gasteiger partial charge in [0.15, 0.2) is 11.9 Å². The van der Waals surface area contributed by atoms with E-state index < -0.39 is 12.1 Å². The second-order valence-corrected chi connectivity index (χ2v) is 6.22. The number of Topliss-reactive ketones (excluding diaryl/α,β-unsaturated/α-hetero) is 1. The lowest BCUT2D eigenvalue weighted by Gasteiger charge is -2.20. The minimum atomic E-state index is -0.620. The number of ether oxygens (including phenoxy) is 1. The largest absolute Gasteiger partial charge is 0.449 e. The highest BCUT2D eigenvalue weighted by Gasteiger charge is 2.28. The van der Waals surface area contributed by atoms with Crippen LogP contribution in [0.5, 0.6) is 0 Å². The van der Waals surface area contributed by atoms with Crippen LogP contribution in [0.25, 0.3) is 11.0 Å². The normalized spacial score (nSPS) is 19.0. The van der Waals surface area contributed by atoms with Gasteiger partial charge in [0.25, 0.3) is 0 Å². The highest BCUT2D eigenvalue weighted by molar-refractivity contribution is 9.10. The molecule has 0 spiro atoms. The molecule has 0 amide bonds. The molecule has 2 aromatic rings. The van der Waals surface area contributed by atoms with Crippen LogP contribution in [0.4, 0.5) is 0 Å². The molecule has 1 aliphatic carbocycles. The smallest absolute Gasteiger partial charge is 0.375 e. The molecule has 0 aliphatic heterocycles. The van der Waals surface area contributed by atoms with Crippen LogP contribution in [-0.4, -0.2) is 17.9 Å². The molecule has 1 fully saturated rings. The summed E-state index contributed by atoms with van der Waals surface area (Å²) >= 11 is 3.40. The van der Waals surface area contributed by atoms with Gasteiger partial charge in [0.2, 0.25) is 5.76 Å². The molecule has 0 bridgehead atoms. The zero-order valence-electron chi connectivity index (χ0n) is 11.6. The quantitative estimate of drug-likeness (QED) is 0.762. The number of benzene rings is 1. The summed E-state index contributed by atoms with van der Waals surface area (Å²) < 4.78 is 11.8. The highest BCUT2D eigenvalue weighted by atomic mass is 79.9. The predicted molar refractivity (Wildman–Crippen MR) is 81.3 cm³/mol. The Bertz CT molecular complexity index is 716. The maximum Gasteiger partial charge on any atom is 0.375 e. The third-order valence-corrected chi connectivity index (χ3v) is 4.32. The van der Waals surface area contributed by atoms with E-state index in [2.05, 4.69) is 15.9 Å². The molecule has 1 aromatic carbocycles. The minimum Gasteiger partial charge on any atom is -0.449 e. The second kappa shape index (κ2) is 5.64. The minimum absolute atomic E-state index is 0.00566. The van der Waals surface area contributed by atoms with Gasteiger partial charge < -0.3 is 9.15 Å². The molecule has 0 radical (unpaired) electrons. The second-order valence-electron chi connectivity index (χ2n) is 5.30.